The first-order chi connectivity index (χ1) is 9.69. The molecule has 1 atom stereocenters. The minimum atomic E-state index is -0.0487. The van der Waals surface area contributed by atoms with Gasteiger partial charge in [0.15, 0.2) is 5.82 Å². The highest BCUT2D eigenvalue weighted by molar-refractivity contribution is 7.11. The summed E-state index contributed by atoms with van der Waals surface area (Å²) < 4.78 is 4.21. The fourth-order valence-electron chi connectivity index (χ4n) is 2.79. The van der Waals surface area contributed by atoms with Crippen LogP contribution in [0.4, 0.5) is 10.8 Å². The molecule has 5 nitrogen and oxygen atoms in total. The molecule has 1 saturated heterocycles. The van der Waals surface area contributed by atoms with Gasteiger partial charge in [-0.1, -0.05) is 13.3 Å². The third kappa shape index (κ3) is 2.75. The van der Waals surface area contributed by atoms with Gasteiger partial charge < -0.3 is 16.0 Å². The summed E-state index contributed by atoms with van der Waals surface area (Å²) in [7, 11) is 0. The minimum absolute atomic E-state index is 0.0487. The molecule has 1 unspecified atom stereocenters. The van der Waals surface area contributed by atoms with Crippen molar-refractivity contribution in [2.45, 2.75) is 45.1 Å². The van der Waals surface area contributed by atoms with E-state index in [4.69, 9.17) is 5.73 Å². The lowest BCUT2D eigenvalue weighted by atomic mass is 9.96. The van der Waals surface area contributed by atoms with Crippen molar-refractivity contribution in [2.75, 3.05) is 23.7 Å². The van der Waals surface area contributed by atoms with Crippen molar-refractivity contribution in [1.82, 2.24) is 9.69 Å². The Morgan fingerprint density at radius 1 is 1.50 bits per heavy atom. The van der Waals surface area contributed by atoms with E-state index in [1.807, 2.05) is 0 Å². The molecular formula is C14H22N4OS. The molecule has 3 N–H and O–H groups in total. The molecule has 2 aliphatic rings. The monoisotopic (exact) mass is 294 g/mol. The molecule has 1 aromatic heterocycles. The number of nitrogens with one attached hydrogen (secondary N) is 1. The summed E-state index contributed by atoms with van der Waals surface area (Å²) >= 11 is 1.36. The number of nitrogens with zero attached hydrogens (tertiary/aromatic N) is 2. The zero-order chi connectivity index (χ0) is 14.1. The van der Waals surface area contributed by atoms with Crippen LogP contribution < -0.4 is 16.0 Å². The first kappa shape index (κ1) is 13.7. The lowest BCUT2D eigenvalue weighted by molar-refractivity contribution is 0.0952. The second-order valence-corrected chi connectivity index (χ2v) is 6.61. The van der Waals surface area contributed by atoms with Crippen LogP contribution in [0.1, 0.15) is 49.4 Å². The van der Waals surface area contributed by atoms with E-state index in [0.29, 0.717) is 23.3 Å². The van der Waals surface area contributed by atoms with E-state index in [9.17, 15) is 4.79 Å². The number of amides is 1. The normalized spacial score (nSPS) is 22.9. The van der Waals surface area contributed by atoms with Crippen LogP contribution in [0.2, 0.25) is 0 Å². The van der Waals surface area contributed by atoms with Crippen LogP contribution in [-0.2, 0) is 0 Å². The molecule has 0 spiro atoms. The van der Waals surface area contributed by atoms with Crippen molar-refractivity contribution in [3.05, 3.63) is 5.56 Å². The third-order valence-electron chi connectivity index (χ3n) is 4.22. The van der Waals surface area contributed by atoms with E-state index in [1.165, 1.54) is 30.8 Å². The number of rotatable bonds is 4. The van der Waals surface area contributed by atoms with Gasteiger partial charge in [-0.15, -0.1) is 0 Å². The van der Waals surface area contributed by atoms with Crippen molar-refractivity contribution in [3.8, 4) is 0 Å². The number of piperidine rings is 1. The molecule has 2 heterocycles. The van der Waals surface area contributed by atoms with Gasteiger partial charge in [-0.05, 0) is 43.1 Å². The van der Waals surface area contributed by atoms with Crippen LogP contribution in [0, 0.1) is 5.92 Å². The molecule has 1 aliphatic carbocycles. The Bertz CT molecular complexity index is 497. The number of hydrogen-bond donors (Lipinski definition) is 2. The molecule has 1 aliphatic heterocycles. The smallest absolute Gasteiger partial charge is 0.258 e. The minimum Gasteiger partial charge on any atom is -0.382 e. The van der Waals surface area contributed by atoms with Gasteiger partial charge in [0.2, 0.25) is 0 Å². The number of aromatic nitrogens is 1. The number of nitrogen functional groups attached to an aromatic ring is 1. The van der Waals surface area contributed by atoms with Crippen molar-refractivity contribution in [3.63, 3.8) is 0 Å². The van der Waals surface area contributed by atoms with Gasteiger partial charge in [0.1, 0.15) is 10.6 Å². The summed E-state index contributed by atoms with van der Waals surface area (Å²) in [5.74, 6) is 1.04. The Labute approximate surface area is 123 Å². The molecule has 0 radical (unpaired) electrons. The zero-order valence-electron chi connectivity index (χ0n) is 11.9. The molecule has 3 rings (SSSR count). The molecule has 1 saturated carbocycles. The summed E-state index contributed by atoms with van der Waals surface area (Å²) in [6.07, 6.45) is 5.82. The number of hydrogen-bond acceptors (Lipinski definition) is 5. The van der Waals surface area contributed by atoms with Crippen molar-refractivity contribution < 1.29 is 4.79 Å². The summed E-state index contributed by atoms with van der Waals surface area (Å²) in [5, 5.41) is 3.98. The van der Waals surface area contributed by atoms with Crippen LogP contribution in [0.15, 0.2) is 0 Å². The number of nitrogens with two attached hydrogens (primary N) is 1. The van der Waals surface area contributed by atoms with E-state index < -0.39 is 0 Å². The summed E-state index contributed by atoms with van der Waals surface area (Å²) in [5.41, 5.74) is 6.52. The average Bonchev–Trinajstić information content (AvgIpc) is 3.18. The maximum atomic E-state index is 12.3. The summed E-state index contributed by atoms with van der Waals surface area (Å²) in [6.45, 7) is 4.25. The Balaban J connectivity index is 1.80. The first-order valence-electron chi connectivity index (χ1n) is 7.50. The van der Waals surface area contributed by atoms with Crippen LogP contribution >= 0.6 is 11.5 Å². The van der Waals surface area contributed by atoms with Crippen molar-refractivity contribution in [1.29, 1.82) is 0 Å². The Morgan fingerprint density at radius 2 is 2.30 bits per heavy atom. The molecule has 2 fully saturated rings. The maximum absolute atomic E-state index is 12.3. The predicted octanol–water partition coefficient (Wildman–Crippen LogP) is 2.24. The van der Waals surface area contributed by atoms with Crippen LogP contribution in [0.25, 0.3) is 0 Å². The molecule has 1 amide bonds. The maximum Gasteiger partial charge on any atom is 0.258 e. The number of carbonyl (C=O) groups is 1. The first-order valence-corrected chi connectivity index (χ1v) is 8.27. The van der Waals surface area contributed by atoms with Crippen molar-refractivity contribution in [2.24, 2.45) is 5.92 Å². The fraction of sp³-hybridized carbons (Fsp3) is 0.714. The third-order valence-corrected chi connectivity index (χ3v) is 5.15. The zero-order valence-corrected chi connectivity index (χ0v) is 12.7. The van der Waals surface area contributed by atoms with Gasteiger partial charge in [-0.3, -0.25) is 4.79 Å². The Morgan fingerprint density at radius 3 is 3.00 bits per heavy atom. The van der Waals surface area contributed by atoms with Crippen molar-refractivity contribution >= 4 is 28.3 Å². The molecule has 0 aromatic carbocycles. The highest BCUT2D eigenvalue weighted by Crippen LogP contribution is 2.34. The lowest BCUT2D eigenvalue weighted by Crippen LogP contribution is -2.36. The lowest BCUT2D eigenvalue weighted by Gasteiger charge is -2.33. The Hall–Kier alpha value is -1.30. The van der Waals surface area contributed by atoms with Gasteiger partial charge in [-0.25, -0.2) is 0 Å². The number of carbonyl (C=O) groups excluding carboxylic acids is 1. The molecule has 6 heteroatoms. The summed E-state index contributed by atoms with van der Waals surface area (Å²) in [6, 6.07) is 0.347. The van der Waals surface area contributed by atoms with Crippen LogP contribution in [-0.4, -0.2) is 29.4 Å². The summed E-state index contributed by atoms with van der Waals surface area (Å²) in [4.78, 5) is 14.6. The van der Waals surface area contributed by atoms with Gasteiger partial charge in [0, 0.05) is 19.1 Å². The fourth-order valence-corrected chi connectivity index (χ4v) is 3.64. The van der Waals surface area contributed by atoms with E-state index in [0.717, 1.165) is 30.9 Å². The van der Waals surface area contributed by atoms with Gasteiger partial charge >= 0.3 is 0 Å². The van der Waals surface area contributed by atoms with Gasteiger partial charge in [0.05, 0.1) is 0 Å². The molecular weight excluding hydrogens is 272 g/mol. The standard InChI is InChI=1S/C14H22N4OS/c1-2-9-4-3-7-18(8-9)14-11(12(15)17-20-14)13(19)16-10-5-6-10/h9-10H,2-8H2,1H3,(H2,15,17)(H,16,19). The quantitative estimate of drug-likeness (QED) is 0.893. The van der Waals surface area contributed by atoms with E-state index in [1.54, 1.807) is 0 Å². The molecule has 110 valence electrons. The second-order valence-electron chi connectivity index (χ2n) is 5.86. The average molecular weight is 294 g/mol. The topological polar surface area (TPSA) is 71.2 Å². The number of anilines is 2. The SMILES string of the molecule is CCC1CCCN(c2snc(N)c2C(=O)NC2CC2)C1. The van der Waals surface area contributed by atoms with Gasteiger partial charge in [0.25, 0.3) is 5.91 Å². The second kappa shape index (κ2) is 5.60. The highest BCUT2D eigenvalue weighted by atomic mass is 32.1. The molecule has 20 heavy (non-hydrogen) atoms. The van der Waals surface area contributed by atoms with Gasteiger partial charge in [-0.2, -0.15) is 4.37 Å². The predicted molar refractivity (Wildman–Crippen MR) is 82.2 cm³/mol. The van der Waals surface area contributed by atoms with Crippen LogP contribution in [0.3, 0.4) is 0 Å². The largest absolute Gasteiger partial charge is 0.382 e. The Kier molecular flexibility index (Phi) is 3.83. The molecule has 0 bridgehead atoms. The van der Waals surface area contributed by atoms with E-state index in [2.05, 4.69) is 21.5 Å². The van der Waals surface area contributed by atoms with Crippen LogP contribution in [0.5, 0.6) is 0 Å². The highest BCUT2D eigenvalue weighted by Gasteiger charge is 2.30. The molecule has 1 aromatic rings. The van der Waals surface area contributed by atoms with E-state index >= 15 is 0 Å². The van der Waals surface area contributed by atoms with E-state index in [-0.39, 0.29) is 5.91 Å².